The van der Waals surface area contributed by atoms with Crippen LogP contribution in [-0.2, 0) is 0 Å². The molecule has 4 heteroatoms. The van der Waals surface area contributed by atoms with E-state index in [2.05, 4.69) is 12.2 Å². The van der Waals surface area contributed by atoms with Crippen LogP contribution in [-0.4, -0.2) is 17.6 Å². The van der Waals surface area contributed by atoms with Crippen LogP contribution in [0.2, 0.25) is 0 Å². The number of rotatable bonds is 10. The molecule has 0 atom stereocenters. The molecule has 134 valence electrons. The largest absolute Gasteiger partial charge is 0.508 e. The molecule has 2 rings (SSSR count). The van der Waals surface area contributed by atoms with E-state index in [1.54, 1.807) is 30.3 Å². The number of carbonyl (C=O) groups is 1. The van der Waals surface area contributed by atoms with Gasteiger partial charge in [-0.25, -0.2) is 0 Å². The number of anilines is 1. The van der Waals surface area contributed by atoms with Crippen LogP contribution in [0.5, 0.6) is 11.5 Å². The van der Waals surface area contributed by atoms with Crippen molar-refractivity contribution in [2.45, 2.75) is 45.4 Å². The van der Waals surface area contributed by atoms with Crippen LogP contribution < -0.4 is 10.1 Å². The molecule has 2 N–H and O–H groups in total. The Balaban J connectivity index is 1.74. The number of phenols is 1. The maximum Gasteiger partial charge on any atom is 0.255 e. The van der Waals surface area contributed by atoms with Crippen LogP contribution in [0.3, 0.4) is 0 Å². The summed E-state index contributed by atoms with van der Waals surface area (Å²) in [5.74, 6) is 0.687. The van der Waals surface area contributed by atoms with Crippen molar-refractivity contribution in [3.8, 4) is 11.5 Å². The summed E-state index contributed by atoms with van der Waals surface area (Å²) < 4.78 is 5.72. The number of nitrogens with one attached hydrogen (secondary N) is 1. The maximum atomic E-state index is 12.2. The number of amides is 1. The molecular formula is C21H27NO3. The summed E-state index contributed by atoms with van der Waals surface area (Å²) in [6.45, 7) is 2.93. The predicted octanol–water partition coefficient (Wildman–Crippen LogP) is 5.38. The van der Waals surface area contributed by atoms with Gasteiger partial charge in [-0.3, -0.25) is 4.79 Å². The first-order valence-corrected chi connectivity index (χ1v) is 9.02. The first kappa shape index (κ1) is 18.8. The summed E-state index contributed by atoms with van der Waals surface area (Å²) in [7, 11) is 0. The molecule has 2 aromatic carbocycles. The van der Waals surface area contributed by atoms with Gasteiger partial charge in [0, 0.05) is 17.3 Å². The molecule has 1 amide bonds. The molecule has 0 aliphatic heterocycles. The SMILES string of the molecule is CCCCCCCCOc1ccc(C(=O)Nc2cccc(O)c2)cc1. The minimum Gasteiger partial charge on any atom is -0.508 e. The highest BCUT2D eigenvalue weighted by molar-refractivity contribution is 6.04. The molecule has 0 unspecified atom stereocenters. The second-order valence-corrected chi connectivity index (χ2v) is 6.15. The van der Waals surface area contributed by atoms with E-state index in [0.717, 1.165) is 12.2 Å². The number of ether oxygens (including phenoxy) is 1. The highest BCUT2D eigenvalue weighted by Crippen LogP contribution is 2.18. The molecule has 0 spiro atoms. The van der Waals surface area contributed by atoms with Crippen molar-refractivity contribution >= 4 is 11.6 Å². The van der Waals surface area contributed by atoms with Gasteiger partial charge in [0.2, 0.25) is 0 Å². The monoisotopic (exact) mass is 341 g/mol. The normalized spacial score (nSPS) is 10.4. The lowest BCUT2D eigenvalue weighted by Gasteiger charge is -2.08. The summed E-state index contributed by atoms with van der Waals surface area (Å²) in [5.41, 5.74) is 1.11. The predicted molar refractivity (Wildman–Crippen MR) is 101 cm³/mol. The first-order chi connectivity index (χ1) is 12.2. The lowest BCUT2D eigenvalue weighted by molar-refractivity contribution is 0.102. The van der Waals surface area contributed by atoms with Crippen molar-refractivity contribution in [1.29, 1.82) is 0 Å². The van der Waals surface area contributed by atoms with Gasteiger partial charge in [0.1, 0.15) is 11.5 Å². The smallest absolute Gasteiger partial charge is 0.255 e. The highest BCUT2D eigenvalue weighted by Gasteiger charge is 2.06. The third-order valence-corrected chi connectivity index (χ3v) is 3.99. The number of carbonyl (C=O) groups excluding carboxylic acids is 1. The van der Waals surface area contributed by atoms with E-state index in [0.29, 0.717) is 17.9 Å². The fourth-order valence-corrected chi connectivity index (χ4v) is 2.56. The van der Waals surface area contributed by atoms with Crippen LogP contribution in [0, 0.1) is 0 Å². The Morgan fingerprint density at radius 3 is 2.44 bits per heavy atom. The Morgan fingerprint density at radius 1 is 1.00 bits per heavy atom. The Bertz CT molecular complexity index is 652. The van der Waals surface area contributed by atoms with Crippen molar-refractivity contribution in [2.24, 2.45) is 0 Å². The zero-order valence-electron chi connectivity index (χ0n) is 14.8. The van der Waals surface area contributed by atoms with Gasteiger partial charge in [0.05, 0.1) is 6.61 Å². The van der Waals surface area contributed by atoms with E-state index in [1.165, 1.54) is 38.2 Å². The summed E-state index contributed by atoms with van der Waals surface area (Å²) in [6.07, 6.45) is 7.41. The van der Waals surface area contributed by atoms with Crippen molar-refractivity contribution in [2.75, 3.05) is 11.9 Å². The van der Waals surface area contributed by atoms with E-state index in [9.17, 15) is 9.90 Å². The molecule has 0 heterocycles. The minimum atomic E-state index is -0.215. The average Bonchev–Trinajstić information content (AvgIpc) is 2.61. The fourth-order valence-electron chi connectivity index (χ4n) is 2.56. The Hall–Kier alpha value is -2.49. The number of benzene rings is 2. The molecule has 2 aromatic rings. The quantitative estimate of drug-likeness (QED) is 0.570. The minimum absolute atomic E-state index is 0.122. The molecule has 0 fully saturated rings. The van der Waals surface area contributed by atoms with Gasteiger partial charge in [-0.1, -0.05) is 45.1 Å². The van der Waals surface area contributed by atoms with E-state index >= 15 is 0 Å². The summed E-state index contributed by atoms with van der Waals surface area (Å²) in [4.78, 5) is 12.2. The standard InChI is InChI=1S/C21H27NO3/c1-2-3-4-5-6-7-15-25-20-13-11-17(12-14-20)21(24)22-18-9-8-10-19(23)16-18/h8-14,16,23H,2-7,15H2,1H3,(H,22,24). The molecule has 0 aliphatic rings. The van der Waals surface area contributed by atoms with Crippen LogP contribution >= 0.6 is 0 Å². The molecule has 25 heavy (non-hydrogen) atoms. The van der Waals surface area contributed by atoms with E-state index in [4.69, 9.17) is 4.74 Å². The molecule has 0 bridgehead atoms. The molecule has 0 radical (unpaired) electrons. The molecular weight excluding hydrogens is 314 g/mol. The van der Waals surface area contributed by atoms with E-state index in [-0.39, 0.29) is 11.7 Å². The number of phenolic OH excluding ortho intramolecular Hbond substituents is 1. The van der Waals surface area contributed by atoms with Gasteiger partial charge >= 0.3 is 0 Å². The molecule has 0 aromatic heterocycles. The lowest BCUT2D eigenvalue weighted by Crippen LogP contribution is -2.11. The highest BCUT2D eigenvalue weighted by atomic mass is 16.5. The third kappa shape index (κ3) is 6.87. The number of hydrogen-bond donors (Lipinski definition) is 2. The summed E-state index contributed by atoms with van der Waals surface area (Å²) >= 11 is 0. The van der Waals surface area contributed by atoms with Crippen molar-refractivity contribution in [3.63, 3.8) is 0 Å². The van der Waals surface area contributed by atoms with Crippen molar-refractivity contribution < 1.29 is 14.6 Å². The third-order valence-electron chi connectivity index (χ3n) is 3.99. The molecule has 0 saturated carbocycles. The number of aromatic hydroxyl groups is 1. The van der Waals surface area contributed by atoms with Crippen molar-refractivity contribution in [1.82, 2.24) is 0 Å². The Labute approximate surface area is 149 Å². The second-order valence-electron chi connectivity index (χ2n) is 6.15. The lowest BCUT2D eigenvalue weighted by atomic mass is 10.1. The zero-order valence-corrected chi connectivity index (χ0v) is 14.8. The second kappa shape index (κ2) is 10.4. The van der Waals surface area contributed by atoms with Gasteiger partial charge in [0.15, 0.2) is 0 Å². The Morgan fingerprint density at radius 2 is 1.72 bits per heavy atom. The van der Waals surface area contributed by atoms with Gasteiger partial charge in [-0.15, -0.1) is 0 Å². The first-order valence-electron chi connectivity index (χ1n) is 9.02. The van der Waals surface area contributed by atoms with Crippen LogP contribution in [0.1, 0.15) is 55.8 Å². The topological polar surface area (TPSA) is 58.6 Å². The molecule has 0 aliphatic carbocycles. The van der Waals surface area contributed by atoms with Gasteiger partial charge in [-0.05, 0) is 42.8 Å². The summed E-state index contributed by atoms with van der Waals surface area (Å²) in [5, 5.41) is 12.2. The van der Waals surface area contributed by atoms with Crippen molar-refractivity contribution in [3.05, 3.63) is 54.1 Å². The Kier molecular flexibility index (Phi) is 7.83. The molecule has 0 saturated heterocycles. The molecule has 4 nitrogen and oxygen atoms in total. The number of hydrogen-bond acceptors (Lipinski definition) is 3. The summed E-state index contributed by atoms with van der Waals surface area (Å²) in [6, 6.07) is 13.6. The van der Waals surface area contributed by atoms with Gasteiger partial charge in [-0.2, -0.15) is 0 Å². The van der Waals surface area contributed by atoms with Crippen LogP contribution in [0.15, 0.2) is 48.5 Å². The van der Waals surface area contributed by atoms with E-state index in [1.807, 2.05) is 12.1 Å². The zero-order chi connectivity index (χ0) is 17.9. The van der Waals surface area contributed by atoms with E-state index < -0.39 is 0 Å². The maximum absolute atomic E-state index is 12.2. The fraction of sp³-hybridized carbons (Fsp3) is 0.381. The van der Waals surface area contributed by atoms with Gasteiger partial charge < -0.3 is 15.2 Å². The van der Waals surface area contributed by atoms with Crippen LogP contribution in [0.4, 0.5) is 5.69 Å². The number of unbranched alkanes of at least 4 members (excludes halogenated alkanes) is 5. The van der Waals surface area contributed by atoms with Crippen LogP contribution in [0.25, 0.3) is 0 Å². The average molecular weight is 341 g/mol. The van der Waals surface area contributed by atoms with Gasteiger partial charge in [0.25, 0.3) is 5.91 Å².